The van der Waals surface area contributed by atoms with Crippen molar-refractivity contribution >= 4 is 38.7 Å². The molecule has 0 amide bonds. The molecule has 2 aromatic carbocycles. The van der Waals surface area contributed by atoms with E-state index in [-0.39, 0.29) is 11.2 Å². The molecule has 0 fully saturated rings. The lowest BCUT2D eigenvalue weighted by Crippen LogP contribution is -2.33. The maximum atomic E-state index is 13.6. The van der Waals surface area contributed by atoms with Gasteiger partial charge in [0.15, 0.2) is 10.8 Å². The highest BCUT2D eigenvalue weighted by atomic mass is 79.9. The quantitative estimate of drug-likeness (QED) is 0.262. The van der Waals surface area contributed by atoms with E-state index in [4.69, 9.17) is 14.7 Å². The lowest BCUT2D eigenvalue weighted by Gasteiger charge is -2.31. The second-order valence-electron chi connectivity index (χ2n) is 8.48. The molecule has 5 nitrogen and oxygen atoms in total. The second kappa shape index (κ2) is 8.46. The van der Waals surface area contributed by atoms with Crippen LogP contribution in [0.2, 0.25) is 0 Å². The number of thioether (sulfide) groups is 1. The van der Waals surface area contributed by atoms with E-state index in [9.17, 15) is 4.79 Å². The minimum atomic E-state index is -0.272. The first-order valence-corrected chi connectivity index (χ1v) is 12.2. The maximum absolute atomic E-state index is 13.6. The van der Waals surface area contributed by atoms with Crippen LogP contribution in [0.4, 0.5) is 0 Å². The summed E-state index contributed by atoms with van der Waals surface area (Å²) in [6.07, 6.45) is 0.698. The fourth-order valence-electron chi connectivity index (χ4n) is 3.81. The predicted molar refractivity (Wildman–Crippen MR) is 131 cm³/mol. The summed E-state index contributed by atoms with van der Waals surface area (Å²) >= 11 is 5.02. The second-order valence-corrected chi connectivity index (χ2v) is 10.3. The molecule has 0 bridgehead atoms. The monoisotopic (exact) mass is 507 g/mol. The standard InChI is InChI=1S/C25H22BrN3O2S/c1-25(2)13-21-17(14-31-25)12-20-22(27-21)28-24(32-15-16-8-10-18(26)11-9-16)29(23(20)30)19-6-4-3-5-7-19/h3-12H,13-15H2,1-2H3. The van der Waals surface area contributed by atoms with E-state index in [0.717, 1.165) is 27.0 Å². The van der Waals surface area contributed by atoms with Gasteiger partial charge in [0.2, 0.25) is 0 Å². The number of hydrogen-bond acceptors (Lipinski definition) is 5. The first kappa shape index (κ1) is 21.4. The Kier molecular flexibility index (Phi) is 5.65. The van der Waals surface area contributed by atoms with E-state index in [0.29, 0.717) is 35.0 Å². The van der Waals surface area contributed by atoms with E-state index in [1.807, 2.05) is 48.5 Å². The number of nitrogens with zero attached hydrogens (tertiary/aromatic N) is 3. The van der Waals surface area contributed by atoms with Gasteiger partial charge in [-0.15, -0.1) is 0 Å². The molecule has 0 aliphatic carbocycles. The third-order valence-electron chi connectivity index (χ3n) is 5.50. The van der Waals surface area contributed by atoms with E-state index in [1.54, 1.807) is 4.57 Å². The fraction of sp³-hybridized carbons (Fsp3) is 0.240. The fourth-order valence-corrected chi connectivity index (χ4v) is 5.03. The van der Waals surface area contributed by atoms with Crippen molar-refractivity contribution in [3.05, 3.63) is 92.3 Å². The number of aromatic nitrogens is 3. The van der Waals surface area contributed by atoms with Crippen LogP contribution in [-0.2, 0) is 23.5 Å². The Hall–Kier alpha value is -2.48. The number of fused-ring (bicyclic) bond motifs is 2. The zero-order valence-corrected chi connectivity index (χ0v) is 20.2. The van der Waals surface area contributed by atoms with Crippen LogP contribution in [0.5, 0.6) is 0 Å². The minimum Gasteiger partial charge on any atom is -0.370 e. The Labute approximate surface area is 199 Å². The summed E-state index contributed by atoms with van der Waals surface area (Å²) in [4.78, 5) is 23.3. The van der Waals surface area contributed by atoms with Gasteiger partial charge in [0.25, 0.3) is 5.56 Å². The molecule has 2 aromatic heterocycles. The minimum absolute atomic E-state index is 0.111. The van der Waals surface area contributed by atoms with Gasteiger partial charge in [-0.05, 0) is 49.7 Å². The van der Waals surface area contributed by atoms with E-state index in [1.165, 1.54) is 11.8 Å². The van der Waals surface area contributed by atoms with Gasteiger partial charge in [-0.1, -0.05) is 58.0 Å². The summed E-state index contributed by atoms with van der Waals surface area (Å²) in [6, 6.07) is 19.7. The Morgan fingerprint density at radius 1 is 1.09 bits per heavy atom. The summed E-state index contributed by atoms with van der Waals surface area (Å²) in [5.41, 5.74) is 3.99. The highest BCUT2D eigenvalue weighted by Gasteiger charge is 2.28. The Morgan fingerprint density at radius 2 is 1.84 bits per heavy atom. The van der Waals surface area contributed by atoms with Crippen molar-refractivity contribution in [3.63, 3.8) is 0 Å². The summed E-state index contributed by atoms with van der Waals surface area (Å²) in [5, 5.41) is 1.15. The van der Waals surface area contributed by atoms with Gasteiger partial charge in [0, 0.05) is 22.2 Å². The van der Waals surface area contributed by atoms with Crippen molar-refractivity contribution in [1.82, 2.24) is 14.5 Å². The molecule has 162 valence electrons. The van der Waals surface area contributed by atoms with Gasteiger partial charge >= 0.3 is 0 Å². The molecule has 32 heavy (non-hydrogen) atoms. The first-order valence-electron chi connectivity index (χ1n) is 10.4. The zero-order valence-electron chi connectivity index (χ0n) is 17.8. The zero-order chi connectivity index (χ0) is 22.3. The van der Waals surface area contributed by atoms with E-state index >= 15 is 0 Å². The molecular formula is C25H22BrN3O2S. The highest BCUT2D eigenvalue weighted by molar-refractivity contribution is 9.10. The molecule has 0 radical (unpaired) electrons. The number of hydrogen-bond donors (Lipinski definition) is 0. The average molecular weight is 508 g/mol. The third-order valence-corrected chi connectivity index (χ3v) is 7.04. The van der Waals surface area contributed by atoms with Crippen LogP contribution in [0.1, 0.15) is 30.7 Å². The van der Waals surface area contributed by atoms with E-state index < -0.39 is 0 Å². The predicted octanol–water partition coefficient (Wildman–Crippen LogP) is 5.69. The van der Waals surface area contributed by atoms with Crippen LogP contribution in [0.15, 0.2) is 75.1 Å². The smallest absolute Gasteiger partial charge is 0.268 e. The number of ether oxygens (including phenoxy) is 1. The van der Waals surface area contributed by atoms with Crippen molar-refractivity contribution in [2.75, 3.05) is 0 Å². The number of pyridine rings is 1. The molecule has 7 heteroatoms. The van der Waals surface area contributed by atoms with Crippen LogP contribution in [-0.4, -0.2) is 20.1 Å². The Bertz CT molecular complexity index is 1350. The summed E-state index contributed by atoms with van der Waals surface area (Å²) in [5.74, 6) is 0.698. The molecule has 0 unspecified atom stereocenters. The normalized spacial score (nSPS) is 15.0. The molecule has 3 heterocycles. The van der Waals surface area contributed by atoms with Gasteiger partial charge in [-0.3, -0.25) is 9.36 Å². The summed E-state index contributed by atoms with van der Waals surface area (Å²) in [7, 11) is 0. The molecule has 0 atom stereocenters. The largest absolute Gasteiger partial charge is 0.370 e. The SMILES string of the molecule is CC1(C)Cc2nc3nc(SCc4ccc(Br)cc4)n(-c4ccccc4)c(=O)c3cc2CO1. The molecule has 1 aliphatic rings. The Balaban J connectivity index is 1.64. The highest BCUT2D eigenvalue weighted by Crippen LogP contribution is 2.29. The van der Waals surface area contributed by atoms with Gasteiger partial charge < -0.3 is 4.74 Å². The Morgan fingerprint density at radius 3 is 2.59 bits per heavy atom. The van der Waals surface area contributed by atoms with Crippen molar-refractivity contribution in [1.29, 1.82) is 0 Å². The lowest BCUT2D eigenvalue weighted by atomic mass is 9.95. The van der Waals surface area contributed by atoms with Crippen LogP contribution in [0.25, 0.3) is 16.7 Å². The molecule has 1 aliphatic heterocycles. The maximum Gasteiger partial charge on any atom is 0.268 e. The van der Waals surface area contributed by atoms with Crippen LogP contribution < -0.4 is 5.56 Å². The topological polar surface area (TPSA) is 57.0 Å². The molecular weight excluding hydrogens is 486 g/mol. The van der Waals surface area contributed by atoms with Crippen molar-refractivity contribution in [2.24, 2.45) is 0 Å². The number of halogens is 1. The van der Waals surface area contributed by atoms with Gasteiger partial charge in [-0.2, -0.15) is 0 Å². The summed E-state index contributed by atoms with van der Waals surface area (Å²) < 4.78 is 8.67. The average Bonchev–Trinajstić information content (AvgIpc) is 2.78. The van der Waals surface area contributed by atoms with Crippen molar-refractivity contribution in [3.8, 4) is 5.69 Å². The summed E-state index contributed by atoms with van der Waals surface area (Å²) in [6.45, 7) is 4.57. The number of para-hydroxylation sites is 1. The number of benzene rings is 2. The van der Waals surface area contributed by atoms with Gasteiger partial charge in [0.05, 0.1) is 29.0 Å². The molecule has 0 saturated heterocycles. The van der Waals surface area contributed by atoms with Crippen LogP contribution in [0, 0.1) is 0 Å². The third kappa shape index (κ3) is 4.25. The molecule has 4 aromatic rings. The lowest BCUT2D eigenvalue weighted by molar-refractivity contribution is -0.0411. The van der Waals surface area contributed by atoms with E-state index in [2.05, 4.69) is 41.9 Å². The molecule has 0 saturated carbocycles. The van der Waals surface area contributed by atoms with Gasteiger partial charge in [0.1, 0.15) is 0 Å². The molecule has 5 rings (SSSR count). The molecule has 0 spiro atoms. The van der Waals surface area contributed by atoms with Crippen LogP contribution in [0.3, 0.4) is 0 Å². The molecule has 0 N–H and O–H groups in total. The first-order chi connectivity index (χ1) is 15.4. The van der Waals surface area contributed by atoms with Crippen LogP contribution >= 0.6 is 27.7 Å². The van der Waals surface area contributed by atoms with Gasteiger partial charge in [-0.25, -0.2) is 9.97 Å². The number of rotatable bonds is 4. The van der Waals surface area contributed by atoms with Crippen molar-refractivity contribution < 1.29 is 4.74 Å². The van der Waals surface area contributed by atoms with Crippen molar-refractivity contribution in [2.45, 2.75) is 43.4 Å².